The Morgan fingerprint density at radius 1 is 0.900 bits per heavy atom. The summed E-state index contributed by atoms with van der Waals surface area (Å²) in [6, 6.07) is 21.9. The first-order valence-electron chi connectivity index (χ1n) is 7.26. The van der Waals surface area contributed by atoms with Crippen molar-refractivity contribution in [2.45, 2.75) is 32.2 Å². The van der Waals surface area contributed by atoms with Crippen LogP contribution in [0.3, 0.4) is 0 Å². The van der Waals surface area contributed by atoms with E-state index in [1.165, 1.54) is 11.1 Å². The van der Waals surface area contributed by atoms with E-state index in [0.717, 1.165) is 6.61 Å². The number of ether oxygens (including phenoxy) is 1. The van der Waals surface area contributed by atoms with E-state index in [1.807, 2.05) is 6.07 Å². The lowest BCUT2D eigenvalue weighted by atomic mass is 10.0. The summed E-state index contributed by atoms with van der Waals surface area (Å²) in [7, 11) is 0. The second-order valence-corrected chi connectivity index (χ2v) is 5.56. The van der Waals surface area contributed by atoms with Crippen LogP contribution in [0.15, 0.2) is 60.7 Å². The highest BCUT2D eigenvalue weighted by molar-refractivity contribution is 5.24. The van der Waals surface area contributed by atoms with E-state index in [4.69, 9.17) is 4.74 Å². The molecule has 2 heteroatoms. The van der Waals surface area contributed by atoms with Crippen LogP contribution < -0.4 is 0 Å². The zero-order chi connectivity index (χ0) is 13.9. The van der Waals surface area contributed by atoms with E-state index in [0.29, 0.717) is 12.1 Å². The third kappa shape index (κ3) is 2.49. The fraction of sp³-hybridized carbons (Fsp3) is 0.333. The molecular weight excluding hydrogens is 246 g/mol. The van der Waals surface area contributed by atoms with Crippen LogP contribution in [-0.2, 0) is 4.74 Å². The van der Waals surface area contributed by atoms with Gasteiger partial charge in [-0.2, -0.15) is 0 Å². The molecule has 0 aliphatic carbocycles. The van der Waals surface area contributed by atoms with Crippen LogP contribution in [0, 0.1) is 0 Å². The zero-order valence-corrected chi connectivity index (χ0v) is 12.1. The molecule has 0 aromatic heterocycles. The third-order valence-corrected chi connectivity index (χ3v) is 3.91. The predicted octanol–water partition coefficient (Wildman–Crippen LogP) is 4.17. The first-order chi connectivity index (χ1) is 9.77. The van der Waals surface area contributed by atoms with Crippen molar-refractivity contribution in [2.75, 3.05) is 6.61 Å². The molecule has 2 aromatic rings. The zero-order valence-electron chi connectivity index (χ0n) is 12.1. The average Bonchev–Trinajstić information content (AvgIpc) is 2.94. The van der Waals surface area contributed by atoms with Gasteiger partial charge in [0, 0.05) is 6.04 Å². The van der Waals surface area contributed by atoms with Gasteiger partial charge in [0.05, 0.1) is 12.6 Å². The molecule has 2 atom stereocenters. The number of hydrogen-bond acceptors (Lipinski definition) is 2. The molecule has 0 saturated carbocycles. The molecule has 104 valence electrons. The molecule has 0 N–H and O–H groups in total. The van der Waals surface area contributed by atoms with E-state index >= 15 is 0 Å². The molecule has 1 saturated heterocycles. The van der Waals surface area contributed by atoms with Crippen LogP contribution in [0.2, 0.25) is 0 Å². The summed E-state index contributed by atoms with van der Waals surface area (Å²) < 4.78 is 6.11. The highest BCUT2D eigenvalue weighted by Gasteiger charge is 2.37. The lowest BCUT2D eigenvalue weighted by Gasteiger charge is -2.32. The molecule has 1 aliphatic rings. The molecule has 2 aromatic carbocycles. The van der Waals surface area contributed by atoms with Crippen molar-refractivity contribution in [1.29, 1.82) is 0 Å². The van der Waals surface area contributed by atoms with Crippen molar-refractivity contribution in [3.05, 3.63) is 71.8 Å². The number of hydrogen-bond donors (Lipinski definition) is 0. The van der Waals surface area contributed by atoms with Crippen LogP contribution in [0.25, 0.3) is 0 Å². The highest BCUT2D eigenvalue weighted by atomic mass is 16.5. The van der Waals surface area contributed by atoms with E-state index in [2.05, 4.69) is 73.3 Å². The number of benzene rings is 2. The maximum atomic E-state index is 6.11. The van der Waals surface area contributed by atoms with Gasteiger partial charge in [0.1, 0.15) is 6.23 Å². The van der Waals surface area contributed by atoms with Gasteiger partial charge in [-0.1, -0.05) is 60.7 Å². The molecule has 1 fully saturated rings. The fourth-order valence-electron chi connectivity index (χ4n) is 2.98. The highest BCUT2D eigenvalue weighted by Crippen LogP contribution is 2.39. The SMILES string of the molecule is CC(C)N1C(c2ccccc2)OC[C@H]1c1ccccc1. The summed E-state index contributed by atoms with van der Waals surface area (Å²) in [5.74, 6) is 0. The Hall–Kier alpha value is -1.64. The largest absolute Gasteiger partial charge is 0.357 e. The maximum Gasteiger partial charge on any atom is 0.137 e. The van der Waals surface area contributed by atoms with Crippen LogP contribution in [0.5, 0.6) is 0 Å². The Balaban J connectivity index is 1.92. The minimum Gasteiger partial charge on any atom is -0.357 e. The van der Waals surface area contributed by atoms with Gasteiger partial charge in [-0.05, 0) is 25.0 Å². The van der Waals surface area contributed by atoms with Gasteiger partial charge in [0.25, 0.3) is 0 Å². The van der Waals surface area contributed by atoms with Gasteiger partial charge in [-0.3, -0.25) is 4.90 Å². The molecule has 0 amide bonds. The normalized spacial score (nSPS) is 23.4. The summed E-state index contributed by atoms with van der Waals surface area (Å²) in [5.41, 5.74) is 2.57. The summed E-state index contributed by atoms with van der Waals surface area (Å²) in [6.07, 6.45) is 0.0569. The van der Waals surface area contributed by atoms with Crippen LogP contribution >= 0.6 is 0 Å². The first kappa shape index (κ1) is 13.3. The summed E-state index contributed by atoms with van der Waals surface area (Å²) in [6.45, 7) is 5.23. The monoisotopic (exact) mass is 267 g/mol. The van der Waals surface area contributed by atoms with E-state index in [-0.39, 0.29) is 6.23 Å². The summed E-state index contributed by atoms with van der Waals surface area (Å²) >= 11 is 0. The Morgan fingerprint density at radius 3 is 2.00 bits per heavy atom. The van der Waals surface area contributed by atoms with Gasteiger partial charge < -0.3 is 4.74 Å². The molecule has 1 heterocycles. The van der Waals surface area contributed by atoms with Crippen molar-refractivity contribution < 1.29 is 4.74 Å². The number of nitrogens with zero attached hydrogens (tertiary/aromatic N) is 1. The van der Waals surface area contributed by atoms with Gasteiger partial charge in [0.2, 0.25) is 0 Å². The second kappa shape index (κ2) is 5.78. The Bertz CT molecular complexity index is 490. The number of rotatable bonds is 3. The second-order valence-electron chi connectivity index (χ2n) is 5.56. The van der Waals surface area contributed by atoms with E-state index in [9.17, 15) is 0 Å². The molecule has 20 heavy (non-hydrogen) atoms. The Morgan fingerprint density at radius 2 is 1.45 bits per heavy atom. The molecule has 2 nitrogen and oxygen atoms in total. The maximum absolute atomic E-state index is 6.11. The summed E-state index contributed by atoms with van der Waals surface area (Å²) in [5, 5.41) is 0. The molecule has 3 rings (SSSR count). The molecule has 0 radical (unpaired) electrons. The van der Waals surface area contributed by atoms with Crippen molar-refractivity contribution >= 4 is 0 Å². The quantitative estimate of drug-likeness (QED) is 0.827. The topological polar surface area (TPSA) is 12.5 Å². The minimum atomic E-state index is 0.0569. The molecular formula is C18H21NO. The van der Waals surface area contributed by atoms with E-state index in [1.54, 1.807) is 0 Å². The standard InChI is InChI=1S/C18H21NO/c1-14(2)19-17(15-9-5-3-6-10-15)13-20-18(19)16-11-7-4-8-12-16/h3-12,14,17-18H,13H2,1-2H3/t17-,18?/m0/s1. The van der Waals surface area contributed by atoms with Gasteiger partial charge in [-0.15, -0.1) is 0 Å². The molecule has 1 unspecified atom stereocenters. The van der Waals surface area contributed by atoms with Crippen molar-refractivity contribution in [3.63, 3.8) is 0 Å². The first-order valence-corrected chi connectivity index (χ1v) is 7.26. The lowest BCUT2D eigenvalue weighted by molar-refractivity contribution is 0.0125. The molecule has 0 bridgehead atoms. The molecule has 1 aliphatic heterocycles. The van der Waals surface area contributed by atoms with E-state index < -0.39 is 0 Å². The minimum absolute atomic E-state index is 0.0569. The van der Waals surface area contributed by atoms with Crippen molar-refractivity contribution in [2.24, 2.45) is 0 Å². The van der Waals surface area contributed by atoms with Crippen molar-refractivity contribution in [1.82, 2.24) is 4.90 Å². The van der Waals surface area contributed by atoms with Crippen LogP contribution in [0.1, 0.15) is 37.2 Å². The lowest BCUT2D eigenvalue weighted by Crippen LogP contribution is -2.33. The third-order valence-electron chi connectivity index (χ3n) is 3.91. The van der Waals surface area contributed by atoms with Crippen LogP contribution in [0.4, 0.5) is 0 Å². The fourth-order valence-corrected chi connectivity index (χ4v) is 2.98. The van der Waals surface area contributed by atoms with Crippen LogP contribution in [-0.4, -0.2) is 17.5 Å². The average molecular weight is 267 g/mol. The Kier molecular flexibility index (Phi) is 3.86. The predicted molar refractivity (Wildman–Crippen MR) is 81.3 cm³/mol. The van der Waals surface area contributed by atoms with Gasteiger partial charge in [0.15, 0.2) is 0 Å². The smallest absolute Gasteiger partial charge is 0.137 e. The summed E-state index contributed by atoms with van der Waals surface area (Å²) in [4.78, 5) is 2.46. The van der Waals surface area contributed by atoms with Crippen molar-refractivity contribution in [3.8, 4) is 0 Å². The Labute approximate surface area is 121 Å². The van der Waals surface area contributed by atoms with Gasteiger partial charge >= 0.3 is 0 Å². The van der Waals surface area contributed by atoms with Gasteiger partial charge in [-0.25, -0.2) is 0 Å². The molecule has 0 spiro atoms.